The fourth-order valence-electron chi connectivity index (χ4n) is 0.360. The Balaban J connectivity index is 2.76. The van der Waals surface area contributed by atoms with Crippen molar-refractivity contribution in [3.8, 4) is 0 Å². The molecule has 0 atom stereocenters. The van der Waals surface area contributed by atoms with E-state index in [0.717, 1.165) is 12.0 Å². The van der Waals surface area contributed by atoms with E-state index in [2.05, 4.69) is 23.8 Å². The lowest BCUT2D eigenvalue weighted by Crippen LogP contribution is -1.67. The minimum atomic E-state index is 1.03. The van der Waals surface area contributed by atoms with Crippen LogP contribution in [0.15, 0.2) is 0 Å². The standard InChI is InChI=1S/C6H5S/c1-2-6-3-4-7-5-6/h2H2,1H3. The molecule has 35 valence electrons. The van der Waals surface area contributed by atoms with Crippen LogP contribution in [0.4, 0.5) is 0 Å². The molecule has 0 aromatic carbocycles. The molecule has 0 N–H and O–H groups in total. The fourth-order valence-corrected chi connectivity index (χ4v) is 0.904. The molecule has 0 aliphatic rings. The highest BCUT2D eigenvalue weighted by atomic mass is 32.1. The summed E-state index contributed by atoms with van der Waals surface area (Å²) in [5, 5.41) is 5.86. The molecular weight excluding hydrogens is 104 g/mol. The molecule has 1 heteroatoms. The van der Waals surface area contributed by atoms with Gasteiger partial charge in [0.25, 0.3) is 0 Å². The van der Waals surface area contributed by atoms with Crippen molar-refractivity contribution in [1.29, 1.82) is 0 Å². The third kappa shape index (κ3) is 1.03. The van der Waals surface area contributed by atoms with Crippen molar-refractivity contribution < 1.29 is 0 Å². The van der Waals surface area contributed by atoms with Gasteiger partial charge in [0.15, 0.2) is 0 Å². The third-order valence-electron chi connectivity index (χ3n) is 0.781. The summed E-state index contributed by atoms with van der Waals surface area (Å²) in [6.07, 6.45) is 1.03. The van der Waals surface area contributed by atoms with Crippen LogP contribution >= 0.6 is 11.3 Å². The Morgan fingerprint density at radius 2 is 2.57 bits per heavy atom. The number of aryl methyl sites for hydroxylation is 1. The highest BCUT2D eigenvalue weighted by Gasteiger charge is 1.85. The average molecular weight is 109 g/mol. The second-order valence-electron chi connectivity index (χ2n) is 1.26. The number of hydrogen-bond donors (Lipinski definition) is 0. The van der Waals surface area contributed by atoms with E-state index in [0.29, 0.717) is 0 Å². The molecule has 0 fully saturated rings. The monoisotopic (exact) mass is 109 g/mol. The summed E-state index contributed by atoms with van der Waals surface area (Å²) in [6.45, 7) is 2.09. The molecule has 1 aromatic heterocycles. The molecule has 0 aliphatic heterocycles. The molecule has 1 rings (SSSR count). The van der Waals surface area contributed by atoms with Crippen LogP contribution in [0.1, 0.15) is 12.5 Å². The van der Waals surface area contributed by atoms with Gasteiger partial charge in [-0.1, -0.05) is 6.92 Å². The van der Waals surface area contributed by atoms with Crippen molar-refractivity contribution >= 4 is 11.3 Å². The van der Waals surface area contributed by atoms with E-state index in [4.69, 9.17) is 0 Å². The van der Waals surface area contributed by atoms with Crippen LogP contribution in [0.5, 0.6) is 0 Å². The Morgan fingerprint density at radius 1 is 1.71 bits per heavy atom. The summed E-state index contributed by atoms with van der Waals surface area (Å²) in [5.74, 6) is 0. The summed E-state index contributed by atoms with van der Waals surface area (Å²) in [7, 11) is 0. The van der Waals surface area contributed by atoms with Gasteiger partial charge in [-0.3, -0.25) is 0 Å². The summed E-state index contributed by atoms with van der Waals surface area (Å²) in [4.78, 5) is 0. The van der Waals surface area contributed by atoms with Gasteiger partial charge in [-0.05, 0) is 12.0 Å². The quantitative estimate of drug-likeness (QED) is 0.515. The molecule has 1 aromatic rings. The molecule has 3 radical (unpaired) electrons. The molecule has 0 saturated carbocycles. The van der Waals surface area contributed by atoms with Gasteiger partial charge in [-0.25, -0.2) is 0 Å². The van der Waals surface area contributed by atoms with Gasteiger partial charge in [0.2, 0.25) is 0 Å². The lowest BCUT2D eigenvalue weighted by atomic mass is 10.3. The summed E-state index contributed by atoms with van der Waals surface area (Å²) in [6, 6.07) is 2.92. The maximum absolute atomic E-state index is 3.02. The van der Waals surface area contributed by atoms with Crippen molar-refractivity contribution in [2.45, 2.75) is 13.3 Å². The van der Waals surface area contributed by atoms with Crippen molar-refractivity contribution in [3.63, 3.8) is 0 Å². The first-order valence-electron chi connectivity index (χ1n) is 2.22. The maximum Gasteiger partial charge on any atom is 0.0538 e. The number of rotatable bonds is 1. The van der Waals surface area contributed by atoms with E-state index < -0.39 is 0 Å². The highest BCUT2D eigenvalue weighted by Crippen LogP contribution is 2.01. The Hall–Kier alpha value is -0.300. The number of thiophene rings is 1. The van der Waals surface area contributed by atoms with Crippen molar-refractivity contribution in [3.05, 3.63) is 22.4 Å². The zero-order valence-electron chi connectivity index (χ0n) is 4.12. The van der Waals surface area contributed by atoms with E-state index in [1.54, 1.807) is 0 Å². The van der Waals surface area contributed by atoms with Gasteiger partial charge in [0.1, 0.15) is 0 Å². The summed E-state index contributed by atoms with van der Waals surface area (Å²) < 4.78 is 0. The first-order valence-corrected chi connectivity index (χ1v) is 3.04. The molecular formula is C6H5S. The van der Waals surface area contributed by atoms with Gasteiger partial charge < -0.3 is 0 Å². The van der Waals surface area contributed by atoms with Gasteiger partial charge >= 0.3 is 0 Å². The molecule has 0 aliphatic carbocycles. The first-order chi connectivity index (χ1) is 3.43. The SMILES string of the molecule is CCc1[c][c]s[c]1. The Labute approximate surface area is 47.8 Å². The third-order valence-corrected chi connectivity index (χ3v) is 1.33. The zero-order valence-corrected chi connectivity index (χ0v) is 4.93. The minimum Gasteiger partial charge on any atom is -0.132 e. The molecule has 0 unspecified atom stereocenters. The van der Waals surface area contributed by atoms with E-state index in [9.17, 15) is 0 Å². The molecule has 0 bridgehead atoms. The van der Waals surface area contributed by atoms with Crippen LogP contribution < -0.4 is 0 Å². The predicted octanol–water partition coefficient (Wildman–Crippen LogP) is 1.71. The van der Waals surface area contributed by atoms with E-state index in [1.165, 1.54) is 11.3 Å². The van der Waals surface area contributed by atoms with Gasteiger partial charge in [0, 0.05) is 11.4 Å². The van der Waals surface area contributed by atoms with Gasteiger partial charge in [-0.2, -0.15) is 0 Å². The lowest BCUT2D eigenvalue weighted by Gasteiger charge is -1.76. The highest BCUT2D eigenvalue weighted by molar-refractivity contribution is 7.06. The van der Waals surface area contributed by atoms with Gasteiger partial charge in [-0.15, -0.1) is 11.3 Å². The summed E-state index contributed by atoms with van der Waals surface area (Å²) >= 11 is 1.46. The largest absolute Gasteiger partial charge is 0.132 e. The smallest absolute Gasteiger partial charge is 0.0538 e. The minimum absolute atomic E-state index is 1.03. The number of hydrogen-bond acceptors (Lipinski definition) is 1. The average Bonchev–Trinajstić information content (AvgIpc) is 2.14. The van der Waals surface area contributed by atoms with Crippen molar-refractivity contribution in [1.82, 2.24) is 0 Å². The molecule has 0 amide bonds. The summed E-state index contributed by atoms with van der Waals surface area (Å²) in [5.41, 5.74) is 1.14. The van der Waals surface area contributed by atoms with Crippen LogP contribution in [0.25, 0.3) is 0 Å². The predicted molar refractivity (Wildman–Crippen MR) is 30.2 cm³/mol. The lowest BCUT2D eigenvalue weighted by molar-refractivity contribution is 1.15. The normalized spacial score (nSPS) is 9.29. The zero-order chi connectivity index (χ0) is 5.11. The molecule has 7 heavy (non-hydrogen) atoms. The van der Waals surface area contributed by atoms with Crippen LogP contribution in [0.2, 0.25) is 0 Å². The van der Waals surface area contributed by atoms with E-state index in [1.807, 2.05) is 0 Å². The maximum atomic E-state index is 3.02. The van der Waals surface area contributed by atoms with Gasteiger partial charge in [0.05, 0.1) is 5.38 Å². The van der Waals surface area contributed by atoms with Crippen LogP contribution in [0.3, 0.4) is 0 Å². The first kappa shape index (κ1) is 4.85. The fraction of sp³-hybridized carbons (Fsp3) is 0.333. The topological polar surface area (TPSA) is 0 Å². The van der Waals surface area contributed by atoms with E-state index >= 15 is 0 Å². The van der Waals surface area contributed by atoms with Crippen LogP contribution in [0, 0.1) is 16.8 Å². The second-order valence-corrected chi connectivity index (χ2v) is 1.88. The molecule has 0 saturated heterocycles. The Morgan fingerprint density at radius 3 is 2.86 bits per heavy atom. The van der Waals surface area contributed by atoms with E-state index in [-0.39, 0.29) is 0 Å². The van der Waals surface area contributed by atoms with Crippen molar-refractivity contribution in [2.75, 3.05) is 0 Å². The van der Waals surface area contributed by atoms with Crippen molar-refractivity contribution in [2.24, 2.45) is 0 Å². The molecule has 1 heterocycles. The second kappa shape index (κ2) is 2.12. The Kier molecular flexibility index (Phi) is 1.47. The molecule has 0 nitrogen and oxygen atoms in total. The molecule has 0 spiro atoms. The Bertz CT molecular complexity index is 119. The van der Waals surface area contributed by atoms with Crippen LogP contribution in [-0.2, 0) is 6.42 Å². The van der Waals surface area contributed by atoms with Crippen LogP contribution in [-0.4, -0.2) is 0 Å².